The van der Waals surface area contributed by atoms with Crippen LogP contribution in [-0.4, -0.2) is 11.2 Å². The summed E-state index contributed by atoms with van der Waals surface area (Å²) in [6, 6.07) is 0. The molecule has 66 valence electrons. The Hall–Kier alpha value is -0.0400. The van der Waals surface area contributed by atoms with Crippen molar-refractivity contribution in [2.75, 3.05) is 0 Å². The quantitative estimate of drug-likeness (QED) is 0.567. The molecule has 0 radical (unpaired) electrons. The normalized spacial score (nSPS) is 28.6. The summed E-state index contributed by atoms with van der Waals surface area (Å²) >= 11 is 0. The van der Waals surface area contributed by atoms with Crippen molar-refractivity contribution in [3.8, 4) is 0 Å². The molecule has 0 aromatic rings. The number of hydrogen-bond donors (Lipinski definition) is 0. The third kappa shape index (κ3) is 1.31. The van der Waals surface area contributed by atoms with E-state index in [4.69, 9.17) is 4.74 Å². The van der Waals surface area contributed by atoms with Crippen LogP contribution in [0.1, 0.15) is 41.5 Å². The average molecular weight is 156 g/mol. The first-order valence-corrected chi connectivity index (χ1v) is 4.47. The highest BCUT2D eigenvalue weighted by atomic mass is 16.6. The Balaban J connectivity index is 2.73. The highest BCUT2D eigenvalue weighted by Crippen LogP contribution is 2.50. The molecule has 0 bridgehead atoms. The van der Waals surface area contributed by atoms with E-state index < -0.39 is 0 Å². The van der Waals surface area contributed by atoms with Crippen LogP contribution in [0.4, 0.5) is 0 Å². The Kier molecular flexibility index (Phi) is 1.83. The maximum Gasteiger partial charge on any atom is 0.0691 e. The summed E-state index contributed by atoms with van der Waals surface area (Å²) in [7, 11) is 0. The second kappa shape index (κ2) is 2.22. The lowest BCUT2D eigenvalue weighted by Gasteiger charge is -2.59. The van der Waals surface area contributed by atoms with E-state index in [1.165, 1.54) is 0 Å². The largest absolute Gasteiger partial charge is 0.369 e. The zero-order chi connectivity index (χ0) is 8.86. The summed E-state index contributed by atoms with van der Waals surface area (Å²) in [5.41, 5.74) is 0.190. The Morgan fingerprint density at radius 1 is 1.00 bits per heavy atom. The fourth-order valence-electron chi connectivity index (χ4n) is 3.19. The first kappa shape index (κ1) is 9.05. The third-order valence-corrected chi connectivity index (χ3v) is 2.69. The SMILES string of the molecule is CC(C)C1C(C)(C)OC1(C)C. The van der Waals surface area contributed by atoms with E-state index in [1.807, 2.05) is 0 Å². The number of hydrogen-bond acceptors (Lipinski definition) is 1. The van der Waals surface area contributed by atoms with Crippen LogP contribution in [0, 0.1) is 11.8 Å². The molecule has 0 N–H and O–H groups in total. The van der Waals surface area contributed by atoms with E-state index in [9.17, 15) is 0 Å². The van der Waals surface area contributed by atoms with Crippen LogP contribution in [0.25, 0.3) is 0 Å². The first-order valence-electron chi connectivity index (χ1n) is 4.47. The molecule has 0 amide bonds. The average Bonchev–Trinajstić information content (AvgIpc) is 1.53. The molecule has 1 fully saturated rings. The summed E-state index contributed by atoms with van der Waals surface area (Å²) < 4.78 is 5.79. The molecule has 1 nitrogen and oxygen atoms in total. The van der Waals surface area contributed by atoms with Crippen molar-refractivity contribution in [1.82, 2.24) is 0 Å². The van der Waals surface area contributed by atoms with Crippen LogP contribution in [0.5, 0.6) is 0 Å². The molecule has 0 aromatic carbocycles. The molecule has 0 aromatic heterocycles. The fourth-order valence-corrected chi connectivity index (χ4v) is 3.19. The van der Waals surface area contributed by atoms with Gasteiger partial charge >= 0.3 is 0 Å². The van der Waals surface area contributed by atoms with Gasteiger partial charge < -0.3 is 4.74 Å². The molecule has 0 unspecified atom stereocenters. The van der Waals surface area contributed by atoms with E-state index in [0.29, 0.717) is 11.8 Å². The molecular weight excluding hydrogens is 136 g/mol. The highest BCUT2D eigenvalue weighted by molar-refractivity contribution is 5.02. The van der Waals surface area contributed by atoms with Crippen molar-refractivity contribution in [1.29, 1.82) is 0 Å². The van der Waals surface area contributed by atoms with Crippen molar-refractivity contribution in [3.05, 3.63) is 0 Å². The van der Waals surface area contributed by atoms with Gasteiger partial charge in [0.15, 0.2) is 0 Å². The summed E-state index contributed by atoms with van der Waals surface area (Å²) in [4.78, 5) is 0. The summed E-state index contributed by atoms with van der Waals surface area (Å²) in [6.07, 6.45) is 0. The van der Waals surface area contributed by atoms with E-state index in [-0.39, 0.29) is 11.2 Å². The lowest BCUT2D eigenvalue weighted by molar-refractivity contribution is -0.305. The fraction of sp³-hybridized carbons (Fsp3) is 1.00. The van der Waals surface area contributed by atoms with E-state index >= 15 is 0 Å². The Morgan fingerprint density at radius 2 is 1.36 bits per heavy atom. The molecule has 1 saturated heterocycles. The molecule has 1 heterocycles. The second-order valence-corrected chi connectivity index (χ2v) is 5.03. The van der Waals surface area contributed by atoms with E-state index in [2.05, 4.69) is 41.5 Å². The molecule has 11 heavy (non-hydrogen) atoms. The van der Waals surface area contributed by atoms with Crippen molar-refractivity contribution in [3.63, 3.8) is 0 Å². The van der Waals surface area contributed by atoms with Gasteiger partial charge in [-0.05, 0) is 33.6 Å². The smallest absolute Gasteiger partial charge is 0.0691 e. The zero-order valence-electron chi connectivity index (χ0n) is 8.56. The molecular formula is C10H20O. The highest BCUT2D eigenvalue weighted by Gasteiger charge is 2.55. The topological polar surface area (TPSA) is 9.23 Å². The second-order valence-electron chi connectivity index (χ2n) is 5.03. The summed E-state index contributed by atoms with van der Waals surface area (Å²) in [6.45, 7) is 13.3. The van der Waals surface area contributed by atoms with E-state index in [0.717, 1.165) is 0 Å². The van der Waals surface area contributed by atoms with Gasteiger partial charge in [0.05, 0.1) is 11.2 Å². The van der Waals surface area contributed by atoms with Gasteiger partial charge in [-0.25, -0.2) is 0 Å². The molecule has 0 aliphatic carbocycles. The molecule has 0 atom stereocenters. The van der Waals surface area contributed by atoms with Gasteiger partial charge in [-0.3, -0.25) is 0 Å². The lowest BCUT2D eigenvalue weighted by Crippen LogP contribution is -2.64. The van der Waals surface area contributed by atoms with Gasteiger partial charge in [-0.15, -0.1) is 0 Å². The molecule has 1 aliphatic rings. The van der Waals surface area contributed by atoms with Crippen LogP contribution < -0.4 is 0 Å². The summed E-state index contributed by atoms with van der Waals surface area (Å²) in [5, 5.41) is 0. The van der Waals surface area contributed by atoms with Gasteiger partial charge in [0.1, 0.15) is 0 Å². The maximum absolute atomic E-state index is 5.79. The van der Waals surface area contributed by atoms with Gasteiger partial charge in [0.25, 0.3) is 0 Å². The maximum atomic E-state index is 5.79. The third-order valence-electron chi connectivity index (χ3n) is 2.69. The first-order chi connectivity index (χ1) is 4.77. The van der Waals surface area contributed by atoms with Crippen LogP contribution in [0.3, 0.4) is 0 Å². The standard InChI is InChI=1S/C10H20O/c1-7(2)8-9(3,4)11-10(8,5)6/h7-8H,1-6H3. The molecule has 1 heteroatoms. The Morgan fingerprint density at radius 3 is 1.45 bits per heavy atom. The van der Waals surface area contributed by atoms with Crippen molar-refractivity contribution in [2.45, 2.75) is 52.7 Å². The van der Waals surface area contributed by atoms with Crippen LogP contribution in [-0.2, 0) is 4.74 Å². The minimum Gasteiger partial charge on any atom is -0.369 e. The van der Waals surface area contributed by atoms with Crippen molar-refractivity contribution >= 4 is 0 Å². The van der Waals surface area contributed by atoms with Crippen LogP contribution in [0.2, 0.25) is 0 Å². The monoisotopic (exact) mass is 156 g/mol. The number of rotatable bonds is 1. The Bertz CT molecular complexity index is 142. The molecule has 1 aliphatic heterocycles. The molecule has 1 rings (SSSR count). The van der Waals surface area contributed by atoms with Crippen LogP contribution >= 0.6 is 0 Å². The van der Waals surface area contributed by atoms with Gasteiger partial charge in [-0.1, -0.05) is 13.8 Å². The molecule has 0 saturated carbocycles. The predicted molar refractivity (Wildman–Crippen MR) is 47.6 cm³/mol. The van der Waals surface area contributed by atoms with Crippen LogP contribution in [0.15, 0.2) is 0 Å². The minimum absolute atomic E-state index is 0.0949. The van der Waals surface area contributed by atoms with Crippen molar-refractivity contribution < 1.29 is 4.74 Å². The van der Waals surface area contributed by atoms with Gasteiger partial charge in [0.2, 0.25) is 0 Å². The van der Waals surface area contributed by atoms with E-state index in [1.54, 1.807) is 0 Å². The molecule has 0 spiro atoms. The number of ether oxygens (including phenoxy) is 1. The van der Waals surface area contributed by atoms with Crippen molar-refractivity contribution in [2.24, 2.45) is 11.8 Å². The zero-order valence-corrected chi connectivity index (χ0v) is 8.56. The Labute approximate surface area is 70.1 Å². The summed E-state index contributed by atoms with van der Waals surface area (Å²) in [5.74, 6) is 1.41. The minimum atomic E-state index is 0.0949. The van der Waals surface area contributed by atoms with Gasteiger partial charge in [0, 0.05) is 5.92 Å². The lowest BCUT2D eigenvalue weighted by atomic mass is 9.66. The van der Waals surface area contributed by atoms with Gasteiger partial charge in [-0.2, -0.15) is 0 Å². The predicted octanol–water partition coefficient (Wildman–Crippen LogP) is 2.85.